The molecule has 0 fully saturated rings. The standard InChI is InChI=1S/C14H14BrNO/c15-13-3-1-2-4-14(13)17-12-7-5-11(6-8-12)9-10-16/h1-8H,9-10,16H2. The Hall–Kier alpha value is -1.32. The molecule has 0 aliphatic rings. The molecule has 0 aliphatic carbocycles. The van der Waals surface area contributed by atoms with Crippen molar-refractivity contribution >= 4 is 15.9 Å². The van der Waals surface area contributed by atoms with E-state index in [0.717, 1.165) is 22.4 Å². The summed E-state index contributed by atoms with van der Waals surface area (Å²) in [6, 6.07) is 15.8. The van der Waals surface area contributed by atoms with Gasteiger partial charge in [-0.1, -0.05) is 24.3 Å². The summed E-state index contributed by atoms with van der Waals surface area (Å²) in [5.74, 6) is 1.65. The van der Waals surface area contributed by atoms with E-state index in [1.54, 1.807) is 0 Å². The first-order valence-corrected chi connectivity index (χ1v) is 6.30. The lowest BCUT2D eigenvalue weighted by molar-refractivity contribution is 0.479. The van der Waals surface area contributed by atoms with E-state index in [1.807, 2.05) is 48.5 Å². The van der Waals surface area contributed by atoms with E-state index in [9.17, 15) is 0 Å². The van der Waals surface area contributed by atoms with Gasteiger partial charge in [0.05, 0.1) is 4.47 Å². The van der Waals surface area contributed by atoms with Crippen LogP contribution in [-0.2, 0) is 6.42 Å². The Kier molecular flexibility index (Phi) is 4.18. The smallest absolute Gasteiger partial charge is 0.141 e. The number of hydrogen-bond donors (Lipinski definition) is 1. The SMILES string of the molecule is NCCc1ccc(Oc2ccccc2Br)cc1. The first-order valence-electron chi connectivity index (χ1n) is 5.51. The zero-order chi connectivity index (χ0) is 12.1. The molecule has 0 spiro atoms. The molecule has 0 radical (unpaired) electrons. The fraction of sp³-hybridized carbons (Fsp3) is 0.143. The number of rotatable bonds is 4. The maximum atomic E-state index is 5.76. The van der Waals surface area contributed by atoms with Crippen LogP contribution in [0.3, 0.4) is 0 Å². The number of para-hydroxylation sites is 1. The molecule has 0 amide bonds. The minimum absolute atomic E-state index is 0.671. The minimum Gasteiger partial charge on any atom is -0.456 e. The molecule has 0 atom stereocenters. The van der Waals surface area contributed by atoms with Crippen molar-refractivity contribution in [2.24, 2.45) is 5.73 Å². The van der Waals surface area contributed by atoms with Crippen LogP contribution >= 0.6 is 15.9 Å². The predicted molar refractivity (Wildman–Crippen MR) is 73.4 cm³/mol. The van der Waals surface area contributed by atoms with Gasteiger partial charge in [-0.25, -0.2) is 0 Å². The van der Waals surface area contributed by atoms with Crippen molar-refractivity contribution in [3.63, 3.8) is 0 Å². The number of benzene rings is 2. The molecule has 17 heavy (non-hydrogen) atoms. The van der Waals surface area contributed by atoms with Gasteiger partial charge in [-0.15, -0.1) is 0 Å². The number of halogens is 1. The van der Waals surface area contributed by atoms with Crippen molar-refractivity contribution in [2.75, 3.05) is 6.54 Å². The third-order valence-electron chi connectivity index (χ3n) is 2.42. The molecule has 0 saturated carbocycles. The highest BCUT2D eigenvalue weighted by atomic mass is 79.9. The van der Waals surface area contributed by atoms with E-state index in [-0.39, 0.29) is 0 Å². The molecular weight excluding hydrogens is 278 g/mol. The summed E-state index contributed by atoms with van der Waals surface area (Å²) in [5, 5.41) is 0. The second-order valence-corrected chi connectivity index (χ2v) is 4.57. The molecule has 0 heterocycles. The van der Waals surface area contributed by atoms with Crippen LogP contribution in [0.15, 0.2) is 53.0 Å². The van der Waals surface area contributed by atoms with Gasteiger partial charge < -0.3 is 10.5 Å². The van der Waals surface area contributed by atoms with Crippen molar-refractivity contribution in [3.8, 4) is 11.5 Å². The number of ether oxygens (including phenoxy) is 1. The Bertz CT molecular complexity index is 482. The average molecular weight is 292 g/mol. The Morgan fingerprint density at radius 2 is 1.71 bits per heavy atom. The van der Waals surface area contributed by atoms with Crippen LogP contribution in [0, 0.1) is 0 Å². The maximum absolute atomic E-state index is 5.76. The molecule has 0 bridgehead atoms. The van der Waals surface area contributed by atoms with E-state index < -0.39 is 0 Å². The number of nitrogens with two attached hydrogens (primary N) is 1. The minimum atomic E-state index is 0.671. The summed E-state index contributed by atoms with van der Waals surface area (Å²) >= 11 is 3.45. The second kappa shape index (κ2) is 5.84. The Balaban J connectivity index is 2.11. The highest BCUT2D eigenvalue weighted by molar-refractivity contribution is 9.10. The van der Waals surface area contributed by atoms with E-state index in [1.165, 1.54) is 5.56 Å². The van der Waals surface area contributed by atoms with Crippen LogP contribution in [-0.4, -0.2) is 6.54 Å². The Morgan fingerprint density at radius 3 is 2.35 bits per heavy atom. The highest BCUT2D eigenvalue weighted by Gasteiger charge is 2.01. The molecule has 0 aromatic heterocycles. The maximum Gasteiger partial charge on any atom is 0.141 e. The molecule has 2 N–H and O–H groups in total. The van der Waals surface area contributed by atoms with Crippen LogP contribution in [0.4, 0.5) is 0 Å². The molecule has 2 rings (SSSR count). The van der Waals surface area contributed by atoms with Crippen molar-refractivity contribution in [1.29, 1.82) is 0 Å². The van der Waals surface area contributed by atoms with Crippen LogP contribution in [0.25, 0.3) is 0 Å². The van der Waals surface area contributed by atoms with Crippen molar-refractivity contribution in [1.82, 2.24) is 0 Å². The van der Waals surface area contributed by atoms with E-state index in [4.69, 9.17) is 10.5 Å². The molecular formula is C14H14BrNO. The first kappa shape index (κ1) is 12.1. The van der Waals surface area contributed by atoms with E-state index in [2.05, 4.69) is 15.9 Å². The lowest BCUT2D eigenvalue weighted by Gasteiger charge is -2.08. The lowest BCUT2D eigenvalue weighted by Crippen LogP contribution is -2.02. The van der Waals surface area contributed by atoms with Crippen LogP contribution < -0.4 is 10.5 Å². The van der Waals surface area contributed by atoms with Gasteiger partial charge in [-0.05, 0) is 58.7 Å². The lowest BCUT2D eigenvalue weighted by atomic mass is 10.1. The van der Waals surface area contributed by atoms with Crippen molar-refractivity contribution in [3.05, 3.63) is 58.6 Å². The monoisotopic (exact) mass is 291 g/mol. The Morgan fingerprint density at radius 1 is 1.00 bits per heavy atom. The van der Waals surface area contributed by atoms with Gasteiger partial charge in [0.2, 0.25) is 0 Å². The molecule has 3 heteroatoms. The van der Waals surface area contributed by atoms with E-state index >= 15 is 0 Å². The average Bonchev–Trinajstić information content (AvgIpc) is 2.35. The van der Waals surface area contributed by atoms with Crippen LogP contribution in [0.5, 0.6) is 11.5 Å². The van der Waals surface area contributed by atoms with Gasteiger partial charge in [0.25, 0.3) is 0 Å². The van der Waals surface area contributed by atoms with Gasteiger partial charge in [0.1, 0.15) is 11.5 Å². The highest BCUT2D eigenvalue weighted by Crippen LogP contribution is 2.29. The quantitative estimate of drug-likeness (QED) is 0.931. The largest absolute Gasteiger partial charge is 0.456 e. The summed E-state index contributed by atoms with van der Waals surface area (Å²) in [6.45, 7) is 0.671. The molecule has 2 aromatic rings. The zero-order valence-corrected chi connectivity index (χ0v) is 11.0. The normalized spacial score (nSPS) is 10.2. The van der Waals surface area contributed by atoms with Crippen LogP contribution in [0.2, 0.25) is 0 Å². The summed E-state index contributed by atoms with van der Waals surface area (Å²) in [4.78, 5) is 0. The Labute approximate surface area is 110 Å². The van der Waals surface area contributed by atoms with Gasteiger partial charge in [-0.3, -0.25) is 0 Å². The summed E-state index contributed by atoms with van der Waals surface area (Å²) in [6.07, 6.45) is 0.898. The summed E-state index contributed by atoms with van der Waals surface area (Å²) < 4.78 is 6.71. The number of hydrogen-bond acceptors (Lipinski definition) is 2. The van der Waals surface area contributed by atoms with Crippen molar-refractivity contribution < 1.29 is 4.74 Å². The van der Waals surface area contributed by atoms with Gasteiger partial charge in [0, 0.05) is 0 Å². The first-order chi connectivity index (χ1) is 8.29. The van der Waals surface area contributed by atoms with Gasteiger partial charge in [-0.2, -0.15) is 0 Å². The molecule has 2 nitrogen and oxygen atoms in total. The molecule has 0 unspecified atom stereocenters. The molecule has 0 saturated heterocycles. The fourth-order valence-electron chi connectivity index (χ4n) is 1.55. The third kappa shape index (κ3) is 3.32. The van der Waals surface area contributed by atoms with Gasteiger partial charge >= 0.3 is 0 Å². The molecule has 0 aliphatic heterocycles. The molecule has 2 aromatic carbocycles. The van der Waals surface area contributed by atoms with Gasteiger partial charge in [0.15, 0.2) is 0 Å². The topological polar surface area (TPSA) is 35.2 Å². The van der Waals surface area contributed by atoms with E-state index in [0.29, 0.717) is 6.54 Å². The molecule has 88 valence electrons. The predicted octanol–water partition coefficient (Wildman–Crippen LogP) is 3.74. The summed E-state index contributed by atoms with van der Waals surface area (Å²) in [5.41, 5.74) is 6.73. The third-order valence-corrected chi connectivity index (χ3v) is 3.08. The van der Waals surface area contributed by atoms with Crippen molar-refractivity contribution in [2.45, 2.75) is 6.42 Å². The zero-order valence-electron chi connectivity index (χ0n) is 9.40. The second-order valence-electron chi connectivity index (χ2n) is 3.72. The fourth-order valence-corrected chi connectivity index (χ4v) is 1.91. The summed E-state index contributed by atoms with van der Waals surface area (Å²) in [7, 11) is 0. The van der Waals surface area contributed by atoms with Crippen LogP contribution in [0.1, 0.15) is 5.56 Å².